The van der Waals surface area contributed by atoms with E-state index >= 15 is 0 Å². The molecule has 0 aromatic rings. The predicted octanol–water partition coefficient (Wildman–Crippen LogP) is 27.5. The number of aliphatic hydroxyl groups excluding tert-OH is 2. The summed E-state index contributed by atoms with van der Waals surface area (Å²) in [7, 11) is 0. The summed E-state index contributed by atoms with van der Waals surface area (Å²) in [5.41, 5.74) is 0. The lowest BCUT2D eigenvalue weighted by molar-refractivity contribution is -0.143. The maximum absolute atomic E-state index is 12.6. The molecule has 0 fully saturated rings. The number of carbonyl (C=O) groups excluding carboxylic acids is 2. The van der Waals surface area contributed by atoms with E-state index < -0.39 is 12.1 Å². The van der Waals surface area contributed by atoms with E-state index in [0.717, 1.165) is 57.8 Å². The van der Waals surface area contributed by atoms with Gasteiger partial charge in [0.2, 0.25) is 5.91 Å². The molecule has 0 heterocycles. The smallest absolute Gasteiger partial charge is 0.305 e. The van der Waals surface area contributed by atoms with Crippen LogP contribution < -0.4 is 5.32 Å². The van der Waals surface area contributed by atoms with Crippen LogP contribution in [0.5, 0.6) is 0 Å². The summed E-state index contributed by atoms with van der Waals surface area (Å²) in [6.07, 6.45) is 106. The Balaban J connectivity index is 3.38. The molecular weight excluding hydrogens is 1110 g/mol. The zero-order valence-corrected chi connectivity index (χ0v) is 61.6. The molecule has 0 aromatic heterocycles. The molecular formula is C85H161NO5. The number of rotatable bonds is 78. The average Bonchev–Trinajstić information content (AvgIpc) is 3.75. The Labute approximate surface area is 569 Å². The molecule has 0 aliphatic heterocycles. The van der Waals surface area contributed by atoms with Crippen LogP contribution in [0, 0.1) is 0 Å². The van der Waals surface area contributed by atoms with Crippen molar-refractivity contribution in [1.82, 2.24) is 5.32 Å². The van der Waals surface area contributed by atoms with Crippen LogP contribution in [0.15, 0.2) is 48.6 Å². The van der Waals surface area contributed by atoms with Gasteiger partial charge in [-0.25, -0.2) is 0 Å². The van der Waals surface area contributed by atoms with Gasteiger partial charge in [-0.1, -0.05) is 403 Å². The molecule has 0 aliphatic rings. The van der Waals surface area contributed by atoms with Crippen molar-refractivity contribution in [3.05, 3.63) is 48.6 Å². The van der Waals surface area contributed by atoms with Gasteiger partial charge in [-0.3, -0.25) is 9.59 Å². The van der Waals surface area contributed by atoms with Crippen molar-refractivity contribution >= 4 is 11.9 Å². The average molecular weight is 1280 g/mol. The number of allylic oxidation sites excluding steroid dienone is 8. The van der Waals surface area contributed by atoms with Gasteiger partial charge < -0.3 is 20.3 Å². The van der Waals surface area contributed by atoms with Crippen LogP contribution in [0.25, 0.3) is 0 Å². The number of esters is 1. The van der Waals surface area contributed by atoms with Crippen LogP contribution >= 0.6 is 0 Å². The lowest BCUT2D eigenvalue weighted by Gasteiger charge is -2.22. The molecule has 0 saturated carbocycles. The van der Waals surface area contributed by atoms with Gasteiger partial charge in [0.05, 0.1) is 25.4 Å². The maximum atomic E-state index is 12.6. The van der Waals surface area contributed by atoms with Crippen LogP contribution in [0.3, 0.4) is 0 Å². The van der Waals surface area contributed by atoms with E-state index in [0.29, 0.717) is 25.9 Å². The van der Waals surface area contributed by atoms with Gasteiger partial charge in [-0.2, -0.15) is 0 Å². The first-order valence-electron chi connectivity index (χ1n) is 41.4. The van der Waals surface area contributed by atoms with E-state index in [1.807, 2.05) is 0 Å². The van der Waals surface area contributed by atoms with Crippen molar-refractivity contribution in [2.24, 2.45) is 0 Å². The molecule has 0 spiro atoms. The van der Waals surface area contributed by atoms with Crippen molar-refractivity contribution in [3.8, 4) is 0 Å². The number of unbranched alkanes of at least 4 members (excludes halogenated alkanes) is 59. The van der Waals surface area contributed by atoms with Crippen molar-refractivity contribution in [1.29, 1.82) is 0 Å². The summed E-state index contributed by atoms with van der Waals surface area (Å²) < 4.78 is 5.49. The Hall–Kier alpha value is -2.18. The van der Waals surface area contributed by atoms with Crippen LogP contribution in [0.4, 0.5) is 0 Å². The van der Waals surface area contributed by atoms with Crippen LogP contribution in [0.1, 0.15) is 457 Å². The number of hydrogen-bond donors (Lipinski definition) is 3. The van der Waals surface area contributed by atoms with Gasteiger partial charge in [0.25, 0.3) is 0 Å². The molecule has 2 unspecified atom stereocenters. The van der Waals surface area contributed by atoms with E-state index in [9.17, 15) is 19.8 Å². The van der Waals surface area contributed by atoms with Gasteiger partial charge in [0.15, 0.2) is 0 Å². The summed E-state index contributed by atoms with van der Waals surface area (Å²) in [4.78, 5) is 24.7. The van der Waals surface area contributed by atoms with E-state index in [2.05, 4.69) is 67.8 Å². The fourth-order valence-electron chi connectivity index (χ4n) is 13.1. The van der Waals surface area contributed by atoms with Gasteiger partial charge in [-0.15, -0.1) is 0 Å². The lowest BCUT2D eigenvalue weighted by atomic mass is 10.0. The molecule has 91 heavy (non-hydrogen) atoms. The van der Waals surface area contributed by atoms with Crippen molar-refractivity contribution < 1.29 is 24.5 Å². The second-order valence-electron chi connectivity index (χ2n) is 28.5. The van der Waals surface area contributed by atoms with E-state index in [1.165, 1.54) is 366 Å². The lowest BCUT2D eigenvalue weighted by Crippen LogP contribution is -2.45. The fraction of sp³-hybridized carbons (Fsp3) is 0.882. The summed E-state index contributed by atoms with van der Waals surface area (Å²) in [6.45, 7) is 4.97. The summed E-state index contributed by atoms with van der Waals surface area (Å²) in [5.74, 6) is -0.0240. The van der Waals surface area contributed by atoms with E-state index in [-0.39, 0.29) is 18.5 Å². The summed E-state index contributed by atoms with van der Waals surface area (Å²) >= 11 is 0. The molecule has 6 nitrogen and oxygen atoms in total. The standard InChI is InChI=1S/C85H161NO5/c1-3-5-7-9-11-13-15-17-19-20-21-22-23-37-40-43-46-50-53-57-61-65-69-73-77-83(88)82(81-87)86-84(89)78-74-70-66-62-58-54-51-47-44-41-38-35-33-31-29-27-25-24-26-28-30-32-34-36-39-42-45-48-52-56-60-64-68-72-76-80-91-85(90)79-75-71-67-63-59-55-49-18-16-14-12-10-8-6-4-2/h12,14,18,26,28,32,34,49,82-83,87-88H,3-11,13,15-17,19-25,27,29-31,33,35-48,50-81H2,1-2H3,(H,86,89)/b14-12-,28-26-,34-32-,49-18-. The third kappa shape index (κ3) is 76.7. The monoisotopic (exact) mass is 1280 g/mol. The van der Waals surface area contributed by atoms with Crippen LogP contribution in [-0.4, -0.2) is 47.4 Å². The molecule has 0 bridgehead atoms. The summed E-state index contributed by atoms with van der Waals surface area (Å²) in [5, 5.41) is 23.5. The Bertz CT molecular complexity index is 1520. The number of amides is 1. The normalized spacial score (nSPS) is 12.7. The highest BCUT2D eigenvalue weighted by Gasteiger charge is 2.20. The zero-order chi connectivity index (χ0) is 65.6. The van der Waals surface area contributed by atoms with E-state index in [4.69, 9.17) is 4.74 Å². The summed E-state index contributed by atoms with van der Waals surface area (Å²) in [6, 6.07) is -0.542. The minimum absolute atomic E-state index is 0.00326. The van der Waals surface area contributed by atoms with Gasteiger partial charge >= 0.3 is 5.97 Å². The first-order chi connectivity index (χ1) is 45.0. The molecule has 0 aromatic carbocycles. The van der Waals surface area contributed by atoms with Crippen molar-refractivity contribution in [2.45, 2.75) is 469 Å². The van der Waals surface area contributed by atoms with Gasteiger partial charge in [0, 0.05) is 12.8 Å². The highest BCUT2D eigenvalue weighted by molar-refractivity contribution is 5.76. The first-order valence-corrected chi connectivity index (χ1v) is 41.4. The molecule has 0 radical (unpaired) electrons. The molecule has 3 N–H and O–H groups in total. The molecule has 1 amide bonds. The van der Waals surface area contributed by atoms with Crippen molar-refractivity contribution in [3.63, 3.8) is 0 Å². The number of ether oxygens (including phenoxy) is 1. The fourth-order valence-corrected chi connectivity index (χ4v) is 13.1. The Morgan fingerprint density at radius 3 is 0.857 bits per heavy atom. The molecule has 0 aliphatic carbocycles. The second kappa shape index (κ2) is 80.3. The Kier molecular flexibility index (Phi) is 78.3. The topological polar surface area (TPSA) is 95.9 Å². The molecule has 2 atom stereocenters. The van der Waals surface area contributed by atoms with E-state index in [1.54, 1.807) is 0 Å². The SMILES string of the molecule is CCCCC/C=C\C/C=C\CCCCCCCC(=O)OCCCCCCCCCCCCC/C=C\C/C=C\CCCCCCCCCCCCCCCCCCCC(=O)NC(CO)C(O)CCCCCCCCCCCCCCCCCCCCCCCCCC. The first kappa shape index (κ1) is 88.8. The van der Waals surface area contributed by atoms with Gasteiger partial charge in [0.1, 0.15) is 0 Å². The molecule has 6 heteroatoms. The number of nitrogens with one attached hydrogen (secondary N) is 1. The highest BCUT2D eigenvalue weighted by atomic mass is 16.5. The Morgan fingerprint density at radius 2 is 0.549 bits per heavy atom. The quantitative estimate of drug-likeness (QED) is 0.0320. The third-order valence-corrected chi connectivity index (χ3v) is 19.4. The largest absolute Gasteiger partial charge is 0.466 e. The highest BCUT2D eigenvalue weighted by Crippen LogP contribution is 2.20. The molecule has 536 valence electrons. The predicted molar refractivity (Wildman–Crippen MR) is 402 cm³/mol. The Morgan fingerprint density at radius 1 is 0.308 bits per heavy atom. The van der Waals surface area contributed by atoms with Crippen LogP contribution in [-0.2, 0) is 14.3 Å². The molecule has 0 rings (SSSR count). The minimum Gasteiger partial charge on any atom is -0.466 e. The maximum Gasteiger partial charge on any atom is 0.305 e. The number of hydrogen-bond acceptors (Lipinski definition) is 5. The van der Waals surface area contributed by atoms with Crippen LogP contribution in [0.2, 0.25) is 0 Å². The zero-order valence-electron chi connectivity index (χ0n) is 61.6. The second-order valence-corrected chi connectivity index (χ2v) is 28.5. The van der Waals surface area contributed by atoms with Crippen molar-refractivity contribution in [2.75, 3.05) is 13.2 Å². The van der Waals surface area contributed by atoms with Gasteiger partial charge in [-0.05, 0) is 89.9 Å². The molecule has 0 saturated heterocycles. The number of carbonyl (C=O) groups is 2. The minimum atomic E-state index is -0.665. The number of aliphatic hydroxyl groups is 2. The third-order valence-electron chi connectivity index (χ3n) is 19.4.